The Hall–Kier alpha value is -1.68. The van der Waals surface area contributed by atoms with E-state index in [-0.39, 0.29) is 10.2 Å². The Balaban J connectivity index is 1.77. The number of hydrazine groups is 1. The lowest BCUT2D eigenvalue weighted by atomic mass is 10.2. The lowest BCUT2D eigenvalue weighted by Crippen LogP contribution is -2.44. The van der Waals surface area contributed by atoms with Gasteiger partial charge in [0.15, 0.2) is 4.32 Å². The number of nitrogens with zero attached hydrogens (tertiary/aromatic N) is 1. The second-order valence-electron chi connectivity index (χ2n) is 5.36. The SMILES string of the molecule is COc1ccc(/C=C2/SC(=S)N(NC(=O)c3ccc(Br)cc3)C2=O)cc1Br. The zero-order valence-corrected chi connectivity index (χ0v) is 18.7. The molecule has 0 spiro atoms. The number of hydrogen-bond donors (Lipinski definition) is 1. The molecular formula is C18H12Br2N2O3S2. The summed E-state index contributed by atoms with van der Waals surface area (Å²) in [6.07, 6.45) is 1.72. The van der Waals surface area contributed by atoms with Crippen molar-refractivity contribution in [2.24, 2.45) is 0 Å². The molecule has 0 atom stereocenters. The van der Waals surface area contributed by atoms with Crippen LogP contribution < -0.4 is 10.2 Å². The summed E-state index contributed by atoms with van der Waals surface area (Å²) in [5, 5.41) is 1.09. The van der Waals surface area contributed by atoms with Crippen molar-refractivity contribution in [2.45, 2.75) is 0 Å². The number of halogens is 2. The molecule has 3 rings (SSSR count). The molecular weight excluding hydrogens is 516 g/mol. The largest absolute Gasteiger partial charge is 0.496 e. The quantitative estimate of drug-likeness (QED) is 0.458. The summed E-state index contributed by atoms with van der Waals surface area (Å²) in [5.41, 5.74) is 3.79. The zero-order valence-electron chi connectivity index (χ0n) is 13.9. The molecule has 1 aliphatic heterocycles. The molecule has 2 aromatic rings. The van der Waals surface area contributed by atoms with Crippen LogP contribution in [0.4, 0.5) is 0 Å². The number of hydrogen-bond acceptors (Lipinski definition) is 5. The van der Waals surface area contributed by atoms with E-state index in [0.29, 0.717) is 16.2 Å². The van der Waals surface area contributed by atoms with Gasteiger partial charge >= 0.3 is 0 Å². The van der Waals surface area contributed by atoms with Gasteiger partial charge in [0, 0.05) is 10.0 Å². The summed E-state index contributed by atoms with van der Waals surface area (Å²) in [4.78, 5) is 25.4. The maximum Gasteiger partial charge on any atom is 0.285 e. The molecule has 0 radical (unpaired) electrons. The van der Waals surface area contributed by atoms with Crippen LogP contribution in [0, 0.1) is 0 Å². The van der Waals surface area contributed by atoms with E-state index in [2.05, 4.69) is 37.3 Å². The van der Waals surface area contributed by atoms with Crippen molar-refractivity contribution >= 4 is 78.1 Å². The number of carbonyl (C=O) groups is 2. The van der Waals surface area contributed by atoms with Gasteiger partial charge in [-0.3, -0.25) is 15.0 Å². The fourth-order valence-corrected chi connectivity index (χ4v) is 4.26. The van der Waals surface area contributed by atoms with Crippen molar-refractivity contribution < 1.29 is 14.3 Å². The van der Waals surface area contributed by atoms with E-state index in [9.17, 15) is 9.59 Å². The second kappa shape index (κ2) is 8.55. The Morgan fingerprint density at radius 3 is 2.56 bits per heavy atom. The highest BCUT2D eigenvalue weighted by Gasteiger charge is 2.33. The number of amides is 2. The van der Waals surface area contributed by atoms with Gasteiger partial charge in [0.1, 0.15) is 5.75 Å². The Morgan fingerprint density at radius 1 is 1.22 bits per heavy atom. The van der Waals surface area contributed by atoms with E-state index in [0.717, 1.165) is 31.3 Å². The van der Waals surface area contributed by atoms with Crippen LogP contribution in [-0.2, 0) is 4.79 Å². The smallest absolute Gasteiger partial charge is 0.285 e. The van der Waals surface area contributed by atoms with Gasteiger partial charge in [-0.2, -0.15) is 5.01 Å². The van der Waals surface area contributed by atoms with Crippen molar-refractivity contribution in [1.82, 2.24) is 10.4 Å². The van der Waals surface area contributed by atoms with Crippen LogP contribution >= 0.6 is 55.8 Å². The lowest BCUT2D eigenvalue weighted by molar-refractivity contribution is -0.123. The fourth-order valence-electron chi connectivity index (χ4n) is 2.26. The van der Waals surface area contributed by atoms with Crippen LogP contribution in [0.3, 0.4) is 0 Å². The highest BCUT2D eigenvalue weighted by molar-refractivity contribution is 9.10. The third kappa shape index (κ3) is 4.60. The molecule has 5 nitrogen and oxygen atoms in total. The summed E-state index contributed by atoms with van der Waals surface area (Å²) in [5.74, 6) is -0.0869. The van der Waals surface area contributed by atoms with Crippen LogP contribution in [0.2, 0.25) is 0 Å². The van der Waals surface area contributed by atoms with Gasteiger partial charge in [0.25, 0.3) is 11.8 Å². The summed E-state index contributed by atoms with van der Waals surface area (Å²) in [7, 11) is 1.58. The number of carbonyl (C=O) groups excluding carboxylic acids is 2. The lowest BCUT2D eigenvalue weighted by Gasteiger charge is -2.15. The molecule has 0 aliphatic carbocycles. The Kier molecular flexibility index (Phi) is 6.36. The minimum Gasteiger partial charge on any atom is -0.496 e. The Labute approximate surface area is 182 Å². The van der Waals surface area contributed by atoms with Crippen molar-refractivity contribution in [3.63, 3.8) is 0 Å². The van der Waals surface area contributed by atoms with Crippen molar-refractivity contribution in [2.75, 3.05) is 7.11 Å². The molecule has 27 heavy (non-hydrogen) atoms. The molecule has 0 aromatic heterocycles. The molecule has 1 aliphatic rings. The molecule has 1 saturated heterocycles. The van der Waals surface area contributed by atoms with Gasteiger partial charge in [-0.15, -0.1) is 0 Å². The van der Waals surface area contributed by atoms with Gasteiger partial charge in [-0.25, -0.2) is 0 Å². The summed E-state index contributed by atoms with van der Waals surface area (Å²) < 4.78 is 7.10. The molecule has 9 heteroatoms. The normalized spacial score (nSPS) is 15.4. The van der Waals surface area contributed by atoms with Crippen LogP contribution in [0.5, 0.6) is 5.75 Å². The topological polar surface area (TPSA) is 58.6 Å². The number of benzene rings is 2. The highest BCUT2D eigenvalue weighted by atomic mass is 79.9. The molecule has 1 N–H and O–H groups in total. The van der Waals surface area contributed by atoms with Crippen LogP contribution in [0.1, 0.15) is 15.9 Å². The fraction of sp³-hybridized carbons (Fsp3) is 0.0556. The number of methoxy groups -OCH3 is 1. The summed E-state index contributed by atoms with van der Waals surface area (Å²) in [6, 6.07) is 12.3. The maximum atomic E-state index is 12.6. The minimum atomic E-state index is -0.410. The van der Waals surface area contributed by atoms with E-state index in [1.165, 1.54) is 0 Å². The predicted octanol–water partition coefficient (Wildman–Crippen LogP) is 4.77. The third-order valence-corrected chi connectivity index (χ3v) is 6.04. The van der Waals surface area contributed by atoms with E-state index in [1.807, 2.05) is 12.1 Å². The van der Waals surface area contributed by atoms with Crippen LogP contribution in [-0.4, -0.2) is 28.3 Å². The molecule has 1 fully saturated rings. The predicted molar refractivity (Wildman–Crippen MR) is 117 cm³/mol. The number of rotatable bonds is 4. The third-order valence-electron chi connectivity index (χ3n) is 3.59. The highest BCUT2D eigenvalue weighted by Crippen LogP contribution is 2.33. The first-order valence-electron chi connectivity index (χ1n) is 7.57. The molecule has 0 unspecified atom stereocenters. The van der Waals surface area contributed by atoms with Gasteiger partial charge in [-0.1, -0.05) is 33.8 Å². The standard InChI is InChI=1S/C18H12Br2N2O3S2/c1-25-14-7-2-10(8-13(14)20)9-15-17(24)22(18(26)27-15)21-16(23)11-3-5-12(19)6-4-11/h2-9H,1H3,(H,21,23)/b15-9+. The number of thiocarbonyl (C=S) groups is 1. The van der Waals surface area contributed by atoms with E-state index < -0.39 is 5.91 Å². The molecule has 0 saturated carbocycles. The van der Waals surface area contributed by atoms with Gasteiger partial charge in [0.2, 0.25) is 0 Å². The first-order chi connectivity index (χ1) is 12.9. The molecule has 2 amide bonds. The van der Waals surface area contributed by atoms with Crippen molar-refractivity contribution in [3.8, 4) is 5.75 Å². The number of nitrogens with one attached hydrogen (secondary N) is 1. The van der Waals surface area contributed by atoms with Gasteiger partial charge in [-0.05, 0) is 76.2 Å². The van der Waals surface area contributed by atoms with E-state index in [1.54, 1.807) is 43.5 Å². The number of thioether (sulfide) groups is 1. The van der Waals surface area contributed by atoms with Crippen molar-refractivity contribution in [3.05, 3.63) is 67.4 Å². The zero-order chi connectivity index (χ0) is 19.6. The average molecular weight is 528 g/mol. The van der Waals surface area contributed by atoms with Gasteiger partial charge in [0.05, 0.1) is 16.5 Å². The number of ether oxygens (including phenoxy) is 1. The summed E-state index contributed by atoms with van der Waals surface area (Å²) >= 11 is 13.1. The Morgan fingerprint density at radius 2 is 1.93 bits per heavy atom. The first-order valence-corrected chi connectivity index (χ1v) is 10.4. The second-order valence-corrected chi connectivity index (χ2v) is 8.80. The molecule has 1 heterocycles. The van der Waals surface area contributed by atoms with Crippen LogP contribution in [0.25, 0.3) is 6.08 Å². The van der Waals surface area contributed by atoms with E-state index >= 15 is 0 Å². The first kappa shape index (κ1) is 20.1. The monoisotopic (exact) mass is 526 g/mol. The maximum absolute atomic E-state index is 12.6. The van der Waals surface area contributed by atoms with E-state index in [4.69, 9.17) is 17.0 Å². The molecule has 0 bridgehead atoms. The molecule has 138 valence electrons. The Bertz CT molecular complexity index is 962. The molecule has 2 aromatic carbocycles. The van der Waals surface area contributed by atoms with Crippen molar-refractivity contribution in [1.29, 1.82) is 0 Å². The summed E-state index contributed by atoms with van der Waals surface area (Å²) in [6.45, 7) is 0. The van der Waals surface area contributed by atoms with Gasteiger partial charge < -0.3 is 4.74 Å². The average Bonchev–Trinajstić information content (AvgIpc) is 2.90. The minimum absolute atomic E-state index is 0.268. The van der Waals surface area contributed by atoms with Crippen LogP contribution in [0.15, 0.2) is 56.3 Å².